The van der Waals surface area contributed by atoms with Crippen LogP contribution in [-0.4, -0.2) is 20.1 Å². The number of aliphatic hydroxyl groups excluding tert-OH is 1. The van der Waals surface area contributed by atoms with E-state index in [-0.39, 0.29) is 18.6 Å². The Morgan fingerprint density at radius 1 is 0.971 bits per heavy atom. The van der Waals surface area contributed by atoms with Gasteiger partial charge in [-0.2, -0.15) is 15.0 Å². The third-order valence-electron chi connectivity index (χ3n) is 5.99. The van der Waals surface area contributed by atoms with E-state index in [0.29, 0.717) is 11.6 Å². The molecule has 0 atom stereocenters. The average Bonchev–Trinajstić information content (AvgIpc) is 2.86. The first-order valence-corrected chi connectivity index (χ1v) is 12.1. The predicted octanol–water partition coefficient (Wildman–Crippen LogP) is 6.03. The number of nitrogen functional groups attached to an aromatic ring is 1. The van der Waals surface area contributed by atoms with Crippen molar-refractivity contribution in [2.75, 3.05) is 5.73 Å². The monoisotopic (exact) mass is 456 g/mol. The molecule has 0 bridgehead atoms. The Labute approximate surface area is 200 Å². The number of ether oxygens (including phenoxy) is 1. The van der Waals surface area contributed by atoms with Crippen molar-refractivity contribution in [2.24, 2.45) is 0 Å². The molecule has 5 rings (SSSR count). The van der Waals surface area contributed by atoms with Crippen LogP contribution in [0.25, 0.3) is 22.2 Å². The molecule has 6 nitrogen and oxygen atoms in total. The quantitative estimate of drug-likeness (QED) is 0.368. The lowest BCUT2D eigenvalue weighted by atomic mass is 9.83. The van der Waals surface area contributed by atoms with Crippen molar-refractivity contribution in [3.63, 3.8) is 0 Å². The highest BCUT2D eigenvalue weighted by molar-refractivity contribution is 6.01. The molecule has 6 heteroatoms. The van der Waals surface area contributed by atoms with Gasteiger partial charge in [-0.3, -0.25) is 0 Å². The molecule has 34 heavy (non-hydrogen) atoms. The van der Waals surface area contributed by atoms with Gasteiger partial charge in [-0.1, -0.05) is 63.6 Å². The predicted molar refractivity (Wildman–Crippen MR) is 137 cm³/mol. The summed E-state index contributed by atoms with van der Waals surface area (Å²) in [4.78, 5) is 13.4. The summed E-state index contributed by atoms with van der Waals surface area (Å²) in [5, 5.41) is 11.7. The van der Waals surface area contributed by atoms with Gasteiger partial charge in [0.1, 0.15) is 5.75 Å². The van der Waals surface area contributed by atoms with E-state index in [2.05, 4.69) is 46.1 Å². The summed E-state index contributed by atoms with van der Waals surface area (Å²) < 4.78 is 5.89. The van der Waals surface area contributed by atoms with Crippen LogP contribution in [0.3, 0.4) is 0 Å². The van der Waals surface area contributed by atoms with Gasteiger partial charge in [0.05, 0.1) is 6.61 Å². The van der Waals surface area contributed by atoms with Crippen LogP contribution in [0.1, 0.15) is 55.9 Å². The fourth-order valence-electron chi connectivity index (χ4n) is 4.62. The number of nitrogens with zero attached hydrogens (tertiary/aromatic N) is 3. The number of aliphatic hydroxyl groups is 1. The molecule has 0 spiro atoms. The Hall–Kier alpha value is -3.51. The number of hydrogen-bond acceptors (Lipinski definition) is 6. The molecule has 0 saturated heterocycles. The number of aryl methyl sites for hydroxylation is 3. The first-order chi connectivity index (χ1) is 16.7. The lowest BCUT2D eigenvalue weighted by Gasteiger charge is -2.22. The van der Waals surface area contributed by atoms with Crippen molar-refractivity contribution < 1.29 is 9.84 Å². The van der Waals surface area contributed by atoms with Gasteiger partial charge >= 0.3 is 6.01 Å². The second-order valence-corrected chi connectivity index (χ2v) is 8.22. The number of aromatic nitrogens is 3. The van der Waals surface area contributed by atoms with Crippen LogP contribution in [0.4, 0.5) is 5.95 Å². The highest BCUT2D eigenvalue weighted by Gasteiger charge is 2.21. The zero-order valence-electron chi connectivity index (χ0n) is 20.1. The summed E-state index contributed by atoms with van der Waals surface area (Å²) in [7, 11) is 0. The van der Waals surface area contributed by atoms with Crippen LogP contribution in [0.15, 0.2) is 48.5 Å². The number of anilines is 1. The van der Waals surface area contributed by atoms with Gasteiger partial charge in [0.25, 0.3) is 0 Å². The lowest BCUT2D eigenvalue weighted by Crippen LogP contribution is -2.07. The fourth-order valence-corrected chi connectivity index (χ4v) is 4.62. The van der Waals surface area contributed by atoms with Gasteiger partial charge in [-0.15, -0.1) is 0 Å². The maximum Gasteiger partial charge on any atom is 0.327 e. The third-order valence-corrected chi connectivity index (χ3v) is 5.99. The topological polar surface area (TPSA) is 94.2 Å². The molecule has 1 aliphatic carbocycles. The molecule has 0 aliphatic heterocycles. The van der Waals surface area contributed by atoms with Crippen molar-refractivity contribution in [3.8, 4) is 23.1 Å². The highest BCUT2D eigenvalue weighted by atomic mass is 16.5. The molecule has 0 amide bonds. The van der Waals surface area contributed by atoms with E-state index in [1.807, 2.05) is 13.8 Å². The van der Waals surface area contributed by atoms with Crippen LogP contribution in [0.2, 0.25) is 0 Å². The summed E-state index contributed by atoms with van der Waals surface area (Å²) in [6.07, 6.45) is 5.34. The fraction of sp³-hybridized carbons (Fsp3) is 0.321. The van der Waals surface area contributed by atoms with E-state index < -0.39 is 0 Å². The summed E-state index contributed by atoms with van der Waals surface area (Å²) in [6.45, 7) is 6.16. The van der Waals surface area contributed by atoms with E-state index in [1.165, 1.54) is 33.9 Å². The molecule has 3 aromatic carbocycles. The summed E-state index contributed by atoms with van der Waals surface area (Å²) in [5.74, 6) is 1.24. The minimum atomic E-state index is -0.0194. The Bertz CT molecular complexity index is 1290. The van der Waals surface area contributed by atoms with Gasteiger partial charge in [-0.25, -0.2) is 0 Å². The van der Waals surface area contributed by atoms with Crippen LogP contribution >= 0.6 is 0 Å². The van der Waals surface area contributed by atoms with Crippen molar-refractivity contribution >= 4 is 16.7 Å². The van der Waals surface area contributed by atoms with E-state index in [0.717, 1.165) is 36.8 Å². The molecule has 3 N–H and O–H groups in total. The normalized spacial score (nSPS) is 12.2. The molecule has 1 aliphatic rings. The molecule has 0 fully saturated rings. The van der Waals surface area contributed by atoms with Crippen LogP contribution in [0, 0.1) is 0 Å². The molecule has 0 saturated carbocycles. The summed E-state index contributed by atoms with van der Waals surface area (Å²) >= 11 is 0. The van der Waals surface area contributed by atoms with E-state index >= 15 is 0 Å². The number of rotatable bonds is 6. The van der Waals surface area contributed by atoms with E-state index in [4.69, 9.17) is 10.5 Å². The number of nitrogens with two attached hydrogens (primary N) is 1. The minimum absolute atomic E-state index is 0.0194. The molecule has 1 heterocycles. The maximum absolute atomic E-state index is 9.24. The van der Waals surface area contributed by atoms with Crippen LogP contribution in [0.5, 0.6) is 11.8 Å². The zero-order valence-corrected chi connectivity index (χ0v) is 20.1. The van der Waals surface area contributed by atoms with Gasteiger partial charge in [0.2, 0.25) is 5.95 Å². The second-order valence-electron chi connectivity index (χ2n) is 8.22. The molecule has 176 valence electrons. The van der Waals surface area contributed by atoms with Crippen molar-refractivity contribution in [3.05, 3.63) is 70.8 Å². The van der Waals surface area contributed by atoms with Gasteiger partial charge < -0.3 is 15.6 Å². The number of benzene rings is 3. The first kappa shape index (κ1) is 23.6. The first-order valence-electron chi connectivity index (χ1n) is 12.1. The largest absolute Gasteiger partial charge is 0.424 e. The smallest absolute Gasteiger partial charge is 0.327 e. The summed E-state index contributed by atoms with van der Waals surface area (Å²) in [5.41, 5.74) is 11.9. The summed E-state index contributed by atoms with van der Waals surface area (Å²) in [6, 6.07) is 16.1. The zero-order chi connectivity index (χ0) is 24.1. The van der Waals surface area contributed by atoms with Gasteiger partial charge in [0, 0.05) is 5.56 Å². The van der Waals surface area contributed by atoms with Gasteiger partial charge in [-0.05, 0) is 70.8 Å². The van der Waals surface area contributed by atoms with E-state index in [9.17, 15) is 5.11 Å². The van der Waals surface area contributed by atoms with Crippen LogP contribution < -0.4 is 10.5 Å². The Balaban J connectivity index is 0.00000133. The Kier molecular flexibility index (Phi) is 7.38. The number of hydrogen-bond donors (Lipinski definition) is 2. The van der Waals surface area contributed by atoms with E-state index in [1.54, 1.807) is 24.3 Å². The van der Waals surface area contributed by atoms with Crippen LogP contribution in [-0.2, 0) is 25.9 Å². The Morgan fingerprint density at radius 2 is 1.74 bits per heavy atom. The molecule has 0 unspecified atom stereocenters. The average molecular weight is 457 g/mol. The van der Waals surface area contributed by atoms with Crippen molar-refractivity contribution in [1.82, 2.24) is 15.0 Å². The lowest BCUT2D eigenvalue weighted by molar-refractivity contribution is 0.281. The van der Waals surface area contributed by atoms with Crippen molar-refractivity contribution in [1.29, 1.82) is 0 Å². The Morgan fingerprint density at radius 3 is 2.47 bits per heavy atom. The maximum atomic E-state index is 9.24. The van der Waals surface area contributed by atoms with Crippen molar-refractivity contribution in [2.45, 2.75) is 59.5 Å². The standard InChI is InChI=1S/C26H26N4O2.C2H6/c1-2-5-18-14-19-8-3-6-17-7-4-9-21(22(17)19)23(18)24-28-25(27)30-26(29-24)32-20-12-10-16(15-31)11-13-20;1-2/h4,7,9-14,31H,2-3,5-6,8,15H2,1H3,(H2,27,28,29,30);1-2H3. The molecule has 1 aromatic heterocycles. The molecule has 4 aromatic rings. The third kappa shape index (κ3) is 4.73. The van der Waals surface area contributed by atoms with Gasteiger partial charge in [0.15, 0.2) is 5.82 Å². The SMILES string of the molecule is CC.CCCc1cc2c3c(cccc3c1-c1nc(N)nc(Oc3ccc(CO)cc3)n1)CCC2. The second kappa shape index (κ2) is 10.6. The highest BCUT2D eigenvalue weighted by Crippen LogP contribution is 2.39. The molecular weight excluding hydrogens is 424 g/mol. The minimum Gasteiger partial charge on any atom is -0.424 e. The molecular formula is C28H32N4O2. The molecule has 0 radical (unpaired) electrons.